The normalized spacial score (nSPS) is 18.2. The summed E-state index contributed by atoms with van der Waals surface area (Å²) in [5, 5.41) is 13.7. The van der Waals surface area contributed by atoms with E-state index in [0.29, 0.717) is 6.54 Å². The zero-order valence-electron chi connectivity index (χ0n) is 13.0. The lowest BCUT2D eigenvalue weighted by molar-refractivity contribution is 0.188. The molecule has 1 saturated heterocycles. The van der Waals surface area contributed by atoms with Gasteiger partial charge in [-0.05, 0) is 43.9 Å². The average Bonchev–Trinajstić information content (AvgIpc) is 2.91. The van der Waals surface area contributed by atoms with E-state index in [4.69, 9.17) is 11.6 Å². The van der Waals surface area contributed by atoms with Crippen LogP contribution in [0.2, 0.25) is 5.02 Å². The van der Waals surface area contributed by atoms with Gasteiger partial charge in [0.05, 0.1) is 6.10 Å². The topological polar surface area (TPSA) is 47.9 Å². The molecule has 22 heavy (non-hydrogen) atoms. The van der Waals surface area contributed by atoms with Gasteiger partial charge in [-0.15, -0.1) is 24.0 Å². The summed E-state index contributed by atoms with van der Waals surface area (Å²) in [6.45, 7) is 5.27. The molecular formula is C16H25ClIN3O. The second kappa shape index (κ2) is 10.3. The Bertz CT molecular complexity index is 467. The highest BCUT2D eigenvalue weighted by atomic mass is 127. The van der Waals surface area contributed by atoms with E-state index >= 15 is 0 Å². The van der Waals surface area contributed by atoms with Gasteiger partial charge in [0, 0.05) is 31.2 Å². The van der Waals surface area contributed by atoms with E-state index in [-0.39, 0.29) is 30.1 Å². The third-order valence-electron chi connectivity index (χ3n) is 3.60. The minimum atomic E-state index is -0.220. The number of nitrogens with one attached hydrogen (secondary N) is 1. The van der Waals surface area contributed by atoms with Crippen molar-refractivity contribution in [1.29, 1.82) is 0 Å². The van der Waals surface area contributed by atoms with Crippen LogP contribution < -0.4 is 5.32 Å². The summed E-state index contributed by atoms with van der Waals surface area (Å²) in [4.78, 5) is 6.79. The van der Waals surface area contributed by atoms with Crippen molar-refractivity contribution in [3.05, 3.63) is 34.9 Å². The van der Waals surface area contributed by atoms with Gasteiger partial charge in [0.25, 0.3) is 0 Å². The fourth-order valence-corrected chi connectivity index (χ4v) is 2.61. The van der Waals surface area contributed by atoms with Crippen LogP contribution in [0, 0.1) is 0 Å². The van der Waals surface area contributed by atoms with Crippen LogP contribution in [-0.2, 0) is 6.42 Å². The molecular weight excluding hydrogens is 413 g/mol. The lowest BCUT2D eigenvalue weighted by Crippen LogP contribution is -2.40. The number of aliphatic hydroxyl groups excluding tert-OH is 1. The van der Waals surface area contributed by atoms with E-state index in [1.165, 1.54) is 5.56 Å². The van der Waals surface area contributed by atoms with E-state index in [1.807, 2.05) is 12.1 Å². The fourth-order valence-electron chi connectivity index (χ4n) is 2.48. The number of nitrogens with zero attached hydrogens (tertiary/aromatic N) is 2. The number of β-amino-alcohol motifs (C(OH)–C–C–N with tert-alkyl or cyclic N) is 1. The Hall–Kier alpha value is -0.530. The monoisotopic (exact) mass is 437 g/mol. The van der Waals surface area contributed by atoms with Crippen LogP contribution in [0.3, 0.4) is 0 Å². The van der Waals surface area contributed by atoms with Crippen molar-refractivity contribution in [3.8, 4) is 0 Å². The highest BCUT2D eigenvalue weighted by Gasteiger charge is 2.22. The molecule has 0 aliphatic carbocycles. The van der Waals surface area contributed by atoms with Crippen molar-refractivity contribution >= 4 is 41.5 Å². The molecule has 4 nitrogen and oxygen atoms in total. The number of hydrogen-bond acceptors (Lipinski definition) is 2. The molecule has 0 spiro atoms. The van der Waals surface area contributed by atoms with Gasteiger partial charge in [0.15, 0.2) is 5.96 Å². The molecule has 124 valence electrons. The SMILES string of the molecule is CCNC(=NCCCc1ccc(Cl)cc1)N1CC[C@@H](O)C1.I. The second-order valence-corrected chi connectivity index (χ2v) is 5.79. The molecule has 1 fully saturated rings. The number of hydrogen-bond donors (Lipinski definition) is 2. The molecule has 1 aromatic carbocycles. The molecule has 1 aliphatic rings. The average molecular weight is 438 g/mol. The summed E-state index contributed by atoms with van der Waals surface area (Å²) in [7, 11) is 0. The molecule has 0 unspecified atom stereocenters. The molecule has 0 bridgehead atoms. The Morgan fingerprint density at radius 1 is 1.41 bits per heavy atom. The maximum Gasteiger partial charge on any atom is 0.194 e. The highest BCUT2D eigenvalue weighted by molar-refractivity contribution is 14.0. The van der Waals surface area contributed by atoms with Crippen LogP contribution in [-0.4, -0.2) is 48.2 Å². The molecule has 0 saturated carbocycles. The first-order valence-corrected chi connectivity index (χ1v) is 8.02. The van der Waals surface area contributed by atoms with E-state index in [9.17, 15) is 5.11 Å². The number of likely N-dealkylation sites (tertiary alicyclic amines) is 1. The fraction of sp³-hybridized carbons (Fsp3) is 0.562. The Kier molecular flexibility index (Phi) is 9.12. The highest BCUT2D eigenvalue weighted by Crippen LogP contribution is 2.11. The predicted molar refractivity (Wildman–Crippen MR) is 103 cm³/mol. The number of aliphatic imine (C=N–C) groups is 1. The summed E-state index contributed by atoms with van der Waals surface area (Å²) in [6.07, 6.45) is 2.62. The lowest BCUT2D eigenvalue weighted by Gasteiger charge is -2.20. The Labute approximate surface area is 155 Å². The second-order valence-electron chi connectivity index (χ2n) is 5.35. The van der Waals surface area contributed by atoms with Gasteiger partial charge in [-0.2, -0.15) is 0 Å². The van der Waals surface area contributed by atoms with E-state index in [1.54, 1.807) is 0 Å². The van der Waals surface area contributed by atoms with Gasteiger partial charge in [-0.1, -0.05) is 23.7 Å². The molecule has 6 heteroatoms. The maximum absolute atomic E-state index is 9.62. The Morgan fingerprint density at radius 3 is 2.73 bits per heavy atom. The molecule has 1 aliphatic heterocycles. The van der Waals surface area contributed by atoms with Crippen molar-refractivity contribution in [2.75, 3.05) is 26.2 Å². The molecule has 1 atom stereocenters. The van der Waals surface area contributed by atoms with Crippen LogP contribution in [0.5, 0.6) is 0 Å². The van der Waals surface area contributed by atoms with Crippen molar-refractivity contribution in [1.82, 2.24) is 10.2 Å². The molecule has 1 aromatic rings. The van der Waals surface area contributed by atoms with Gasteiger partial charge < -0.3 is 15.3 Å². The minimum absolute atomic E-state index is 0. The van der Waals surface area contributed by atoms with E-state index in [0.717, 1.165) is 49.9 Å². The number of guanidine groups is 1. The van der Waals surface area contributed by atoms with Gasteiger partial charge in [-0.25, -0.2) is 0 Å². The summed E-state index contributed by atoms with van der Waals surface area (Å²) >= 11 is 5.88. The van der Waals surface area contributed by atoms with Crippen molar-refractivity contribution in [2.45, 2.75) is 32.3 Å². The van der Waals surface area contributed by atoms with Crippen molar-refractivity contribution < 1.29 is 5.11 Å². The number of halogens is 2. The van der Waals surface area contributed by atoms with Gasteiger partial charge in [0.2, 0.25) is 0 Å². The number of aliphatic hydroxyl groups is 1. The van der Waals surface area contributed by atoms with Gasteiger partial charge in [-0.3, -0.25) is 4.99 Å². The maximum atomic E-state index is 9.62. The largest absolute Gasteiger partial charge is 0.391 e. The van der Waals surface area contributed by atoms with Crippen LogP contribution >= 0.6 is 35.6 Å². The first-order valence-electron chi connectivity index (χ1n) is 7.65. The van der Waals surface area contributed by atoms with Crippen LogP contribution in [0.25, 0.3) is 0 Å². The number of rotatable bonds is 5. The third-order valence-corrected chi connectivity index (χ3v) is 3.85. The Morgan fingerprint density at radius 2 is 2.14 bits per heavy atom. The number of aryl methyl sites for hydroxylation is 1. The zero-order valence-corrected chi connectivity index (χ0v) is 16.1. The van der Waals surface area contributed by atoms with Crippen LogP contribution in [0.15, 0.2) is 29.3 Å². The molecule has 1 heterocycles. The number of benzene rings is 1. The summed E-state index contributed by atoms with van der Waals surface area (Å²) in [5.41, 5.74) is 1.29. The molecule has 0 radical (unpaired) electrons. The van der Waals surface area contributed by atoms with Gasteiger partial charge >= 0.3 is 0 Å². The predicted octanol–water partition coefficient (Wildman–Crippen LogP) is 2.92. The van der Waals surface area contributed by atoms with Crippen molar-refractivity contribution in [2.24, 2.45) is 4.99 Å². The summed E-state index contributed by atoms with van der Waals surface area (Å²) < 4.78 is 0. The smallest absolute Gasteiger partial charge is 0.194 e. The quantitative estimate of drug-likeness (QED) is 0.322. The molecule has 0 amide bonds. The Balaban J connectivity index is 0.00000242. The molecule has 0 aromatic heterocycles. The van der Waals surface area contributed by atoms with E-state index < -0.39 is 0 Å². The van der Waals surface area contributed by atoms with Crippen LogP contribution in [0.4, 0.5) is 0 Å². The van der Waals surface area contributed by atoms with E-state index in [2.05, 4.69) is 34.3 Å². The summed E-state index contributed by atoms with van der Waals surface area (Å²) in [5.74, 6) is 0.921. The van der Waals surface area contributed by atoms with Crippen molar-refractivity contribution in [3.63, 3.8) is 0 Å². The zero-order chi connectivity index (χ0) is 15.1. The first kappa shape index (κ1) is 19.5. The van der Waals surface area contributed by atoms with Gasteiger partial charge in [0.1, 0.15) is 0 Å². The minimum Gasteiger partial charge on any atom is -0.391 e. The first-order chi connectivity index (χ1) is 10.2. The molecule has 2 rings (SSSR count). The standard InChI is InChI=1S/C16H24ClN3O.HI/c1-2-18-16(20-11-9-15(21)12-20)19-10-3-4-13-5-7-14(17)8-6-13;/h5-8,15,21H,2-4,9-12H2,1H3,(H,18,19);1H/t15-;/m1./s1. The third kappa shape index (κ3) is 6.30. The lowest BCUT2D eigenvalue weighted by atomic mass is 10.1. The van der Waals surface area contributed by atoms with Crippen LogP contribution in [0.1, 0.15) is 25.3 Å². The summed E-state index contributed by atoms with van der Waals surface area (Å²) in [6, 6.07) is 7.98. The molecule has 2 N–H and O–H groups in total.